The highest BCUT2D eigenvalue weighted by Crippen LogP contribution is 2.29. The Morgan fingerprint density at radius 2 is 1.71 bits per heavy atom. The molecule has 0 aliphatic heterocycles. The molecule has 2 heterocycles. The molecule has 122 valence electrons. The van der Waals surface area contributed by atoms with E-state index >= 15 is 0 Å². The molecule has 0 atom stereocenters. The monoisotopic (exact) mass is 327 g/mol. The van der Waals surface area contributed by atoms with Crippen molar-refractivity contribution < 1.29 is 9.18 Å². The Bertz CT molecular complexity index is 1100. The number of hydrogen-bond donors (Lipinski definition) is 0. The van der Waals surface area contributed by atoms with Crippen molar-refractivity contribution in [3.63, 3.8) is 0 Å². The highest BCUT2D eigenvalue weighted by Gasteiger charge is 2.20. The van der Waals surface area contributed by atoms with Crippen LogP contribution in [0, 0.1) is 5.82 Å². The van der Waals surface area contributed by atoms with Gasteiger partial charge in [0.25, 0.3) is 5.56 Å². The molecule has 7 heteroatoms. The van der Waals surface area contributed by atoms with Gasteiger partial charge in [0.15, 0.2) is 5.78 Å². The second-order valence-electron chi connectivity index (χ2n) is 5.51. The van der Waals surface area contributed by atoms with E-state index in [1.807, 2.05) is 0 Å². The lowest BCUT2D eigenvalue weighted by Gasteiger charge is -2.13. The van der Waals surface area contributed by atoms with Crippen molar-refractivity contribution in [1.82, 2.24) is 14.1 Å². The zero-order valence-electron chi connectivity index (χ0n) is 13.3. The quantitative estimate of drug-likeness (QED) is 0.671. The molecule has 24 heavy (non-hydrogen) atoms. The number of rotatable bonds is 2. The molecular formula is C17H14FN3O3. The van der Waals surface area contributed by atoms with Gasteiger partial charge in [-0.1, -0.05) is 12.1 Å². The molecule has 0 aliphatic rings. The van der Waals surface area contributed by atoms with E-state index in [1.54, 1.807) is 0 Å². The minimum absolute atomic E-state index is 0.152. The maximum absolute atomic E-state index is 13.2. The Morgan fingerprint density at radius 3 is 2.29 bits per heavy atom. The van der Waals surface area contributed by atoms with Crippen molar-refractivity contribution >= 4 is 16.8 Å². The number of Topliss-reactive ketones (excluding diaryl/α,β-unsaturated/α-hetero) is 1. The smallest absolute Gasteiger partial charge is 0.294 e. The fourth-order valence-electron chi connectivity index (χ4n) is 2.71. The van der Waals surface area contributed by atoms with Crippen molar-refractivity contribution in [2.75, 3.05) is 0 Å². The summed E-state index contributed by atoms with van der Waals surface area (Å²) >= 11 is 0. The van der Waals surface area contributed by atoms with Gasteiger partial charge in [0.2, 0.25) is 0 Å². The van der Waals surface area contributed by atoms with Crippen LogP contribution in [0.1, 0.15) is 17.3 Å². The average Bonchev–Trinajstić information content (AvgIpc) is 2.57. The molecule has 0 unspecified atom stereocenters. The third kappa shape index (κ3) is 2.25. The highest BCUT2D eigenvalue weighted by molar-refractivity contribution is 6.07. The number of fused-ring (bicyclic) bond motifs is 1. The number of carbonyl (C=O) groups excluding carboxylic acids is 1. The van der Waals surface area contributed by atoms with E-state index in [2.05, 4.69) is 4.98 Å². The summed E-state index contributed by atoms with van der Waals surface area (Å²) in [5.74, 6) is -0.707. The van der Waals surface area contributed by atoms with E-state index in [9.17, 15) is 18.8 Å². The fraction of sp³-hybridized carbons (Fsp3) is 0.176. The summed E-state index contributed by atoms with van der Waals surface area (Å²) in [6.45, 7) is 1.36. The van der Waals surface area contributed by atoms with Gasteiger partial charge >= 0.3 is 5.69 Å². The summed E-state index contributed by atoms with van der Waals surface area (Å²) < 4.78 is 15.4. The van der Waals surface area contributed by atoms with Gasteiger partial charge in [-0.25, -0.2) is 14.2 Å². The van der Waals surface area contributed by atoms with Crippen LogP contribution in [0.25, 0.3) is 22.2 Å². The molecule has 0 saturated heterocycles. The van der Waals surface area contributed by atoms with Crippen LogP contribution in [-0.4, -0.2) is 19.9 Å². The van der Waals surface area contributed by atoms with E-state index in [4.69, 9.17) is 0 Å². The van der Waals surface area contributed by atoms with Gasteiger partial charge in [-0.15, -0.1) is 0 Å². The minimum Gasteiger partial charge on any atom is -0.294 e. The molecule has 0 aliphatic carbocycles. The maximum atomic E-state index is 13.2. The Balaban J connectivity index is 2.60. The maximum Gasteiger partial charge on any atom is 0.332 e. The first-order chi connectivity index (χ1) is 11.3. The third-order valence-corrected chi connectivity index (χ3v) is 3.98. The Labute approximate surface area is 135 Å². The van der Waals surface area contributed by atoms with Gasteiger partial charge in [-0.05, 0) is 24.6 Å². The predicted molar refractivity (Wildman–Crippen MR) is 87.6 cm³/mol. The summed E-state index contributed by atoms with van der Waals surface area (Å²) in [5.41, 5.74) is 0.203. The van der Waals surface area contributed by atoms with E-state index in [1.165, 1.54) is 56.0 Å². The molecule has 0 N–H and O–H groups in total. The molecule has 2 aromatic heterocycles. The molecule has 1 aromatic carbocycles. The Hall–Kier alpha value is -3.09. The summed E-state index contributed by atoms with van der Waals surface area (Å²) in [6.07, 6.45) is 1.34. The third-order valence-electron chi connectivity index (χ3n) is 3.98. The second kappa shape index (κ2) is 5.52. The highest BCUT2D eigenvalue weighted by atomic mass is 19.1. The first-order valence-electron chi connectivity index (χ1n) is 7.18. The van der Waals surface area contributed by atoms with Crippen LogP contribution in [-0.2, 0) is 14.1 Å². The zero-order chi connectivity index (χ0) is 17.6. The molecule has 0 radical (unpaired) electrons. The number of aryl methyl sites for hydroxylation is 1. The summed E-state index contributed by atoms with van der Waals surface area (Å²) in [4.78, 5) is 40.9. The van der Waals surface area contributed by atoms with Crippen LogP contribution < -0.4 is 11.2 Å². The van der Waals surface area contributed by atoms with Gasteiger partial charge in [0, 0.05) is 31.4 Å². The molecule has 6 nitrogen and oxygen atoms in total. The van der Waals surface area contributed by atoms with Crippen molar-refractivity contribution in [3.8, 4) is 11.1 Å². The Kier molecular flexibility index (Phi) is 3.63. The van der Waals surface area contributed by atoms with Gasteiger partial charge in [0.05, 0.1) is 5.39 Å². The van der Waals surface area contributed by atoms with Crippen LogP contribution in [0.2, 0.25) is 0 Å². The largest absolute Gasteiger partial charge is 0.332 e. The van der Waals surface area contributed by atoms with E-state index < -0.39 is 17.1 Å². The first kappa shape index (κ1) is 15.8. The SMILES string of the molecule is CC(=O)c1cnc2c(c1-c1ccc(F)cc1)c(=O)n(C)c(=O)n2C. The normalized spacial score (nSPS) is 11.0. The van der Waals surface area contributed by atoms with Crippen LogP contribution in [0.3, 0.4) is 0 Å². The zero-order valence-corrected chi connectivity index (χ0v) is 13.3. The first-order valence-corrected chi connectivity index (χ1v) is 7.18. The number of ketones is 1. The molecule has 3 aromatic rings. The van der Waals surface area contributed by atoms with Crippen molar-refractivity contribution in [2.24, 2.45) is 14.1 Å². The van der Waals surface area contributed by atoms with Gasteiger partial charge in [0.1, 0.15) is 11.5 Å². The summed E-state index contributed by atoms with van der Waals surface area (Å²) in [7, 11) is 2.86. The number of benzene rings is 1. The van der Waals surface area contributed by atoms with Gasteiger partial charge in [-0.3, -0.25) is 18.7 Å². The van der Waals surface area contributed by atoms with Crippen molar-refractivity contribution in [2.45, 2.75) is 6.92 Å². The predicted octanol–water partition coefficient (Wildman–Crippen LogP) is 1.64. The summed E-state index contributed by atoms with van der Waals surface area (Å²) in [6, 6.07) is 5.47. The van der Waals surface area contributed by atoms with Crippen LogP contribution in [0.4, 0.5) is 4.39 Å². The molecule has 0 bridgehead atoms. The van der Waals surface area contributed by atoms with Crippen LogP contribution in [0.5, 0.6) is 0 Å². The van der Waals surface area contributed by atoms with Crippen LogP contribution >= 0.6 is 0 Å². The number of pyridine rings is 1. The molecular weight excluding hydrogens is 313 g/mol. The Morgan fingerprint density at radius 1 is 1.08 bits per heavy atom. The average molecular weight is 327 g/mol. The number of nitrogens with zero attached hydrogens (tertiary/aromatic N) is 3. The molecule has 0 fully saturated rings. The van der Waals surface area contributed by atoms with Crippen molar-refractivity contribution in [3.05, 3.63) is 62.7 Å². The molecule has 0 spiro atoms. The lowest BCUT2D eigenvalue weighted by Crippen LogP contribution is -2.37. The number of carbonyl (C=O) groups is 1. The minimum atomic E-state index is -0.553. The van der Waals surface area contributed by atoms with E-state index in [-0.39, 0.29) is 22.4 Å². The summed E-state index contributed by atoms with van der Waals surface area (Å²) in [5, 5.41) is 0.152. The molecule has 0 saturated carbocycles. The standard InChI is InChI=1S/C17H14FN3O3/c1-9(22)12-8-19-15-14(16(23)21(3)17(24)20(15)2)13(12)10-4-6-11(18)7-5-10/h4-8H,1-3H3. The van der Waals surface area contributed by atoms with Gasteiger partial charge < -0.3 is 0 Å². The number of halogens is 1. The van der Waals surface area contributed by atoms with Crippen molar-refractivity contribution in [1.29, 1.82) is 0 Å². The number of hydrogen-bond acceptors (Lipinski definition) is 4. The lowest BCUT2D eigenvalue weighted by molar-refractivity contribution is 0.101. The number of aromatic nitrogens is 3. The topological polar surface area (TPSA) is 74.0 Å². The fourth-order valence-corrected chi connectivity index (χ4v) is 2.71. The van der Waals surface area contributed by atoms with Gasteiger partial charge in [-0.2, -0.15) is 0 Å². The van der Waals surface area contributed by atoms with E-state index in [0.717, 1.165) is 4.57 Å². The molecule has 3 rings (SSSR count). The second-order valence-corrected chi connectivity index (χ2v) is 5.51. The van der Waals surface area contributed by atoms with Crippen LogP contribution in [0.15, 0.2) is 40.1 Å². The van der Waals surface area contributed by atoms with E-state index in [0.29, 0.717) is 11.1 Å². The lowest BCUT2D eigenvalue weighted by atomic mass is 9.96. The molecule has 0 amide bonds.